The lowest BCUT2D eigenvalue weighted by Gasteiger charge is -2.18. The lowest BCUT2D eigenvalue weighted by Crippen LogP contribution is -2.11. The first kappa shape index (κ1) is 22.7. The molecule has 0 atom stereocenters. The van der Waals surface area contributed by atoms with Gasteiger partial charge in [0.15, 0.2) is 22.7 Å². The zero-order valence-electron chi connectivity index (χ0n) is 18.4. The Labute approximate surface area is 193 Å². The predicted octanol–water partition coefficient (Wildman–Crippen LogP) is 4.75. The average molecular weight is 462 g/mol. The molecule has 0 aliphatic rings. The van der Waals surface area contributed by atoms with Gasteiger partial charge >= 0.3 is 11.3 Å². The number of hydrogen-bond acceptors (Lipinski definition) is 8. The van der Waals surface area contributed by atoms with Crippen LogP contribution >= 0.6 is 0 Å². The summed E-state index contributed by atoms with van der Waals surface area (Å²) in [5.74, 6) is 0.698. The second-order valence-electron chi connectivity index (χ2n) is 7.09. The van der Waals surface area contributed by atoms with Gasteiger partial charge in [-0.25, -0.2) is 9.59 Å². The van der Waals surface area contributed by atoms with E-state index in [9.17, 15) is 9.59 Å². The number of benzene rings is 2. The molecule has 0 radical (unpaired) electrons. The predicted molar refractivity (Wildman–Crippen MR) is 130 cm³/mol. The lowest BCUT2D eigenvalue weighted by atomic mass is 10.0. The fraction of sp³-hybridized carbons (Fsp3) is 0.154. The third-order valence-corrected chi connectivity index (χ3v) is 4.89. The molecule has 2 aromatic heterocycles. The second-order valence-corrected chi connectivity index (χ2v) is 7.09. The van der Waals surface area contributed by atoms with Crippen LogP contribution in [0, 0.1) is 0 Å². The van der Waals surface area contributed by atoms with Crippen LogP contribution in [0.2, 0.25) is 0 Å². The molecule has 0 amide bonds. The summed E-state index contributed by atoms with van der Waals surface area (Å²) >= 11 is 0. The Morgan fingerprint density at radius 2 is 0.971 bits per heavy atom. The molecule has 8 nitrogen and oxygen atoms in total. The van der Waals surface area contributed by atoms with Gasteiger partial charge < -0.3 is 27.8 Å². The van der Waals surface area contributed by atoms with Crippen LogP contribution < -0.4 is 30.2 Å². The van der Waals surface area contributed by atoms with Gasteiger partial charge in [0.1, 0.15) is 26.4 Å². The zero-order valence-corrected chi connectivity index (χ0v) is 18.4. The van der Waals surface area contributed by atoms with Gasteiger partial charge in [0, 0.05) is 10.8 Å². The van der Waals surface area contributed by atoms with Crippen molar-refractivity contribution in [2.24, 2.45) is 0 Å². The molecule has 0 spiro atoms. The highest BCUT2D eigenvalue weighted by Gasteiger charge is 2.27. The number of rotatable bonds is 12. The summed E-state index contributed by atoms with van der Waals surface area (Å²) in [6.07, 6.45) is 6.14. The molecule has 0 bridgehead atoms. The Morgan fingerprint density at radius 3 is 1.32 bits per heavy atom. The highest BCUT2D eigenvalue weighted by molar-refractivity contribution is 6.22. The lowest BCUT2D eigenvalue weighted by molar-refractivity contribution is 0.305. The molecule has 0 saturated carbocycles. The van der Waals surface area contributed by atoms with E-state index in [4.69, 9.17) is 27.8 Å². The van der Waals surface area contributed by atoms with Crippen molar-refractivity contribution in [2.45, 2.75) is 0 Å². The van der Waals surface area contributed by atoms with Gasteiger partial charge in [0.05, 0.1) is 10.8 Å². The van der Waals surface area contributed by atoms with Crippen molar-refractivity contribution in [1.29, 1.82) is 0 Å². The largest absolute Gasteiger partial charge is 0.485 e. The topological polar surface area (TPSA) is 97.3 Å². The smallest absolute Gasteiger partial charge is 0.344 e. The maximum atomic E-state index is 13.1. The molecule has 4 rings (SSSR count). The third-order valence-electron chi connectivity index (χ3n) is 4.89. The van der Waals surface area contributed by atoms with E-state index in [0.717, 1.165) is 0 Å². The van der Waals surface area contributed by atoms with Gasteiger partial charge in [0.2, 0.25) is 11.5 Å². The minimum absolute atomic E-state index is 0.0447. The Morgan fingerprint density at radius 1 is 0.618 bits per heavy atom. The monoisotopic (exact) mass is 462 g/mol. The van der Waals surface area contributed by atoms with E-state index in [-0.39, 0.29) is 71.4 Å². The standard InChI is InChI=1S/C26H22O8/c1-5-9-29-17-13-15-19-20-16(26(28)33-23(19)21(17)31-11-7-3)14-18(30-10-6-2)22(32-12-8-4)24(20)34-25(15)27/h5-8,13-14H,1-4,9-12H2. The van der Waals surface area contributed by atoms with Crippen LogP contribution in [0.25, 0.3) is 32.7 Å². The molecule has 8 heteroatoms. The number of hydrogen-bond donors (Lipinski definition) is 0. The molecule has 2 aromatic carbocycles. The van der Waals surface area contributed by atoms with Gasteiger partial charge in [-0.3, -0.25) is 0 Å². The molecule has 34 heavy (non-hydrogen) atoms. The quantitative estimate of drug-likeness (QED) is 0.169. The van der Waals surface area contributed by atoms with Gasteiger partial charge in [-0.05, 0) is 12.1 Å². The van der Waals surface area contributed by atoms with Crippen molar-refractivity contribution >= 4 is 32.7 Å². The fourth-order valence-corrected chi connectivity index (χ4v) is 3.61. The third kappa shape index (κ3) is 3.79. The van der Waals surface area contributed by atoms with Crippen LogP contribution in [0.1, 0.15) is 0 Å². The Hall–Kier alpha value is -4.46. The van der Waals surface area contributed by atoms with E-state index in [1.165, 1.54) is 36.4 Å². The maximum absolute atomic E-state index is 13.1. The summed E-state index contributed by atoms with van der Waals surface area (Å²) < 4.78 is 34.3. The molecule has 0 aliphatic heterocycles. The van der Waals surface area contributed by atoms with Crippen molar-refractivity contribution in [3.63, 3.8) is 0 Å². The summed E-state index contributed by atoms with van der Waals surface area (Å²) in [6, 6.07) is 2.97. The molecule has 0 saturated heterocycles. The van der Waals surface area contributed by atoms with Gasteiger partial charge in [0.25, 0.3) is 0 Å². The van der Waals surface area contributed by atoms with Crippen LogP contribution in [0.15, 0.2) is 81.2 Å². The molecular formula is C26H22O8. The van der Waals surface area contributed by atoms with Crippen molar-refractivity contribution in [1.82, 2.24) is 0 Å². The van der Waals surface area contributed by atoms with E-state index >= 15 is 0 Å². The molecule has 0 N–H and O–H groups in total. The molecule has 0 aliphatic carbocycles. The van der Waals surface area contributed by atoms with Crippen LogP contribution in [0.4, 0.5) is 0 Å². The minimum atomic E-state index is -0.685. The van der Waals surface area contributed by atoms with Crippen molar-refractivity contribution in [3.8, 4) is 23.0 Å². The van der Waals surface area contributed by atoms with Gasteiger partial charge in [-0.2, -0.15) is 0 Å². The van der Waals surface area contributed by atoms with Crippen LogP contribution in [0.3, 0.4) is 0 Å². The van der Waals surface area contributed by atoms with Crippen LogP contribution in [0.5, 0.6) is 23.0 Å². The summed E-state index contributed by atoms with van der Waals surface area (Å²) in [4.78, 5) is 26.2. The van der Waals surface area contributed by atoms with Gasteiger partial charge in [-0.15, -0.1) is 0 Å². The summed E-state index contributed by atoms with van der Waals surface area (Å²) in [5, 5.41) is 0.973. The minimum Gasteiger partial charge on any atom is -0.485 e. The van der Waals surface area contributed by atoms with Gasteiger partial charge in [-0.1, -0.05) is 50.6 Å². The van der Waals surface area contributed by atoms with Crippen LogP contribution in [-0.4, -0.2) is 26.4 Å². The highest BCUT2D eigenvalue weighted by Crippen LogP contribution is 2.46. The molecule has 0 unspecified atom stereocenters. The average Bonchev–Trinajstić information content (AvgIpc) is 2.83. The SMILES string of the molecule is C=CCOc1cc2c(=O)oc3c(OCC=C)c(OCC=C)cc4c(=O)oc(c1OCC=C)c2c34. The van der Waals surface area contributed by atoms with Crippen LogP contribution in [-0.2, 0) is 0 Å². The Balaban J connectivity index is 2.18. The fourth-order valence-electron chi connectivity index (χ4n) is 3.61. The Kier molecular flexibility index (Phi) is 6.40. The van der Waals surface area contributed by atoms with Crippen molar-refractivity contribution in [3.05, 3.63) is 83.6 Å². The van der Waals surface area contributed by atoms with Crippen molar-refractivity contribution < 1.29 is 27.8 Å². The van der Waals surface area contributed by atoms with E-state index in [2.05, 4.69) is 26.3 Å². The molecule has 174 valence electrons. The number of ether oxygens (including phenoxy) is 4. The van der Waals surface area contributed by atoms with E-state index < -0.39 is 11.3 Å². The van der Waals surface area contributed by atoms with E-state index in [0.29, 0.717) is 10.8 Å². The Bertz CT molecular complexity index is 1410. The molecule has 4 aromatic rings. The summed E-state index contributed by atoms with van der Waals surface area (Å²) in [7, 11) is 0. The first-order chi connectivity index (χ1) is 16.5. The first-order valence-corrected chi connectivity index (χ1v) is 10.4. The normalized spacial score (nSPS) is 10.9. The van der Waals surface area contributed by atoms with Crippen molar-refractivity contribution in [2.75, 3.05) is 26.4 Å². The second kappa shape index (κ2) is 9.58. The molecule has 2 heterocycles. The molecular weight excluding hydrogens is 440 g/mol. The summed E-state index contributed by atoms with van der Waals surface area (Å²) in [6.45, 7) is 15.1. The highest BCUT2D eigenvalue weighted by atomic mass is 16.5. The first-order valence-electron chi connectivity index (χ1n) is 10.4. The van der Waals surface area contributed by atoms with E-state index in [1.807, 2.05) is 0 Å². The summed E-state index contributed by atoms with van der Waals surface area (Å²) in [5.41, 5.74) is -1.28. The van der Waals surface area contributed by atoms with E-state index in [1.54, 1.807) is 0 Å². The zero-order chi connectivity index (χ0) is 24.2. The molecule has 0 fully saturated rings. The maximum Gasteiger partial charge on any atom is 0.344 e.